The Hall–Kier alpha value is -0.870. The van der Waals surface area contributed by atoms with Crippen LogP contribution in [0.15, 0.2) is 6.07 Å². The summed E-state index contributed by atoms with van der Waals surface area (Å²) in [6.45, 7) is 5.15. The van der Waals surface area contributed by atoms with Crippen molar-refractivity contribution in [2.24, 2.45) is 7.05 Å². The Morgan fingerprint density at radius 3 is 2.67 bits per heavy atom. The summed E-state index contributed by atoms with van der Waals surface area (Å²) in [5, 5.41) is 18.5. The van der Waals surface area contributed by atoms with E-state index in [0.717, 1.165) is 50.0 Å². The molecule has 102 valence electrons. The van der Waals surface area contributed by atoms with Crippen LogP contribution in [0.2, 0.25) is 0 Å². The Balaban J connectivity index is 1.95. The van der Waals surface area contributed by atoms with Crippen LogP contribution in [0.3, 0.4) is 0 Å². The maximum atomic E-state index is 10.7. The Kier molecular flexibility index (Phi) is 4.07. The largest absolute Gasteiger partial charge is 0.389 e. The molecule has 0 aliphatic heterocycles. The number of hydrogen-bond donors (Lipinski definition) is 2. The molecule has 0 spiro atoms. The highest BCUT2D eigenvalue weighted by Gasteiger charge is 2.33. The van der Waals surface area contributed by atoms with Gasteiger partial charge in [0, 0.05) is 25.2 Å². The van der Waals surface area contributed by atoms with Gasteiger partial charge in [0.2, 0.25) is 0 Å². The van der Waals surface area contributed by atoms with E-state index >= 15 is 0 Å². The smallest absolute Gasteiger partial charge is 0.0704 e. The highest BCUT2D eigenvalue weighted by molar-refractivity contribution is 5.12. The summed E-state index contributed by atoms with van der Waals surface area (Å²) in [6, 6.07) is 2.66. The van der Waals surface area contributed by atoms with Gasteiger partial charge in [-0.25, -0.2) is 0 Å². The molecule has 1 fully saturated rings. The van der Waals surface area contributed by atoms with Crippen molar-refractivity contribution >= 4 is 0 Å². The molecule has 1 aliphatic rings. The van der Waals surface area contributed by atoms with Crippen LogP contribution in [0.5, 0.6) is 0 Å². The van der Waals surface area contributed by atoms with Gasteiger partial charge in [0.25, 0.3) is 0 Å². The van der Waals surface area contributed by atoms with E-state index < -0.39 is 5.60 Å². The number of hydrogen-bond acceptors (Lipinski definition) is 3. The van der Waals surface area contributed by atoms with Crippen LogP contribution < -0.4 is 5.32 Å². The second-order valence-corrected chi connectivity index (χ2v) is 5.63. The molecular formula is C14H25N3O. The van der Waals surface area contributed by atoms with Crippen molar-refractivity contribution in [1.29, 1.82) is 0 Å². The lowest BCUT2D eigenvalue weighted by Gasteiger charge is -2.36. The summed E-state index contributed by atoms with van der Waals surface area (Å²) < 4.78 is 1.89. The molecule has 0 aromatic carbocycles. The molecular weight excluding hydrogens is 226 g/mol. The summed E-state index contributed by atoms with van der Waals surface area (Å²) in [6.07, 6.45) is 4.63. The molecule has 0 radical (unpaired) electrons. The minimum atomic E-state index is -0.536. The van der Waals surface area contributed by atoms with Crippen molar-refractivity contribution in [2.45, 2.75) is 57.6 Å². The zero-order valence-corrected chi connectivity index (χ0v) is 11.7. The lowest BCUT2D eigenvalue weighted by Crippen LogP contribution is -2.42. The Morgan fingerprint density at radius 2 is 2.17 bits per heavy atom. The van der Waals surface area contributed by atoms with Gasteiger partial charge >= 0.3 is 0 Å². The van der Waals surface area contributed by atoms with Gasteiger partial charge in [0.1, 0.15) is 0 Å². The van der Waals surface area contributed by atoms with E-state index in [-0.39, 0.29) is 0 Å². The second-order valence-electron chi connectivity index (χ2n) is 5.63. The lowest BCUT2D eigenvalue weighted by atomic mass is 9.79. The van der Waals surface area contributed by atoms with Crippen LogP contribution in [0.25, 0.3) is 0 Å². The molecule has 0 saturated heterocycles. The van der Waals surface area contributed by atoms with Gasteiger partial charge in [0.05, 0.1) is 11.3 Å². The summed E-state index contributed by atoms with van der Waals surface area (Å²) >= 11 is 0. The highest BCUT2D eigenvalue weighted by Crippen LogP contribution is 2.31. The van der Waals surface area contributed by atoms with E-state index in [0.29, 0.717) is 6.04 Å². The van der Waals surface area contributed by atoms with E-state index in [1.807, 2.05) is 18.7 Å². The zero-order chi connectivity index (χ0) is 13.2. The average molecular weight is 251 g/mol. The van der Waals surface area contributed by atoms with Gasteiger partial charge < -0.3 is 10.4 Å². The Labute approximate surface area is 109 Å². The predicted molar refractivity (Wildman–Crippen MR) is 72.5 cm³/mol. The number of aryl methyl sites for hydroxylation is 2. The summed E-state index contributed by atoms with van der Waals surface area (Å²) in [5.41, 5.74) is 1.63. The molecule has 18 heavy (non-hydrogen) atoms. The fraction of sp³-hybridized carbons (Fsp3) is 0.786. The molecule has 2 N–H and O–H groups in total. The third-order valence-electron chi connectivity index (χ3n) is 4.02. The molecule has 0 unspecified atom stereocenters. The molecule has 4 heteroatoms. The third-order valence-corrected chi connectivity index (χ3v) is 4.02. The molecule has 0 amide bonds. The average Bonchev–Trinajstić information content (AvgIpc) is 2.61. The van der Waals surface area contributed by atoms with Crippen LogP contribution in [-0.2, 0) is 13.5 Å². The van der Waals surface area contributed by atoms with E-state index in [1.54, 1.807) is 0 Å². The van der Waals surface area contributed by atoms with Gasteiger partial charge in [-0.2, -0.15) is 5.10 Å². The number of aromatic nitrogens is 2. The molecule has 1 aromatic rings. The molecule has 1 heterocycles. The van der Waals surface area contributed by atoms with Crippen LogP contribution in [0, 0.1) is 6.92 Å². The molecule has 4 nitrogen and oxygen atoms in total. The van der Waals surface area contributed by atoms with Crippen LogP contribution >= 0.6 is 0 Å². The van der Waals surface area contributed by atoms with Gasteiger partial charge in [-0.3, -0.25) is 4.68 Å². The van der Waals surface area contributed by atoms with Crippen LogP contribution in [0.1, 0.15) is 44.0 Å². The van der Waals surface area contributed by atoms with E-state index in [9.17, 15) is 5.11 Å². The number of nitrogens with one attached hydrogen (secondary N) is 1. The third kappa shape index (κ3) is 3.12. The second kappa shape index (κ2) is 5.41. The fourth-order valence-corrected chi connectivity index (χ4v) is 2.99. The van der Waals surface area contributed by atoms with Crippen molar-refractivity contribution in [1.82, 2.24) is 15.1 Å². The molecule has 1 aliphatic carbocycles. The summed E-state index contributed by atoms with van der Waals surface area (Å²) in [5.74, 6) is 0. The maximum Gasteiger partial charge on any atom is 0.0704 e. The summed E-state index contributed by atoms with van der Waals surface area (Å²) in [7, 11) is 1.95. The quantitative estimate of drug-likeness (QED) is 0.853. The first-order valence-electron chi connectivity index (χ1n) is 6.98. The van der Waals surface area contributed by atoms with Crippen molar-refractivity contribution < 1.29 is 5.11 Å². The van der Waals surface area contributed by atoms with Crippen LogP contribution in [-0.4, -0.2) is 33.1 Å². The Bertz CT molecular complexity index is 392. The first-order chi connectivity index (χ1) is 8.52. The summed E-state index contributed by atoms with van der Waals surface area (Å²) in [4.78, 5) is 0. The topological polar surface area (TPSA) is 50.1 Å². The minimum Gasteiger partial charge on any atom is -0.389 e. The normalized spacial score (nSPS) is 28.6. The molecule has 1 saturated carbocycles. The first kappa shape index (κ1) is 13.6. The predicted octanol–water partition coefficient (Wildman–Crippen LogP) is 1.55. The van der Waals surface area contributed by atoms with Crippen molar-refractivity contribution in [2.75, 3.05) is 6.54 Å². The SMILES string of the molecule is CCNC1CCC(O)(Cc2cc(C)nn2C)CC1. The highest BCUT2D eigenvalue weighted by atomic mass is 16.3. The monoisotopic (exact) mass is 251 g/mol. The van der Waals surface area contributed by atoms with Crippen molar-refractivity contribution in [3.63, 3.8) is 0 Å². The number of rotatable bonds is 4. The van der Waals surface area contributed by atoms with Gasteiger partial charge in [-0.15, -0.1) is 0 Å². The fourth-order valence-electron chi connectivity index (χ4n) is 2.99. The molecule has 0 bridgehead atoms. The maximum absolute atomic E-state index is 10.7. The van der Waals surface area contributed by atoms with Crippen LogP contribution in [0.4, 0.5) is 0 Å². The van der Waals surface area contributed by atoms with Gasteiger partial charge in [-0.1, -0.05) is 6.92 Å². The Morgan fingerprint density at radius 1 is 1.50 bits per heavy atom. The van der Waals surface area contributed by atoms with Crippen molar-refractivity contribution in [3.05, 3.63) is 17.5 Å². The first-order valence-corrected chi connectivity index (χ1v) is 6.98. The minimum absolute atomic E-state index is 0.536. The van der Waals surface area contributed by atoms with E-state index in [1.165, 1.54) is 0 Å². The lowest BCUT2D eigenvalue weighted by molar-refractivity contribution is -0.00442. The van der Waals surface area contributed by atoms with E-state index in [2.05, 4.69) is 23.4 Å². The zero-order valence-electron chi connectivity index (χ0n) is 11.7. The molecule has 2 rings (SSSR count). The molecule has 1 aromatic heterocycles. The van der Waals surface area contributed by atoms with E-state index in [4.69, 9.17) is 0 Å². The van der Waals surface area contributed by atoms with Crippen molar-refractivity contribution in [3.8, 4) is 0 Å². The standard InChI is InChI=1S/C14H25N3O/c1-4-15-12-5-7-14(18,8-6-12)10-13-9-11(2)16-17(13)3/h9,12,15,18H,4-8,10H2,1-3H3. The van der Waals surface area contributed by atoms with Gasteiger partial charge in [-0.05, 0) is 45.2 Å². The number of nitrogens with zero attached hydrogens (tertiary/aromatic N) is 2. The van der Waals surface area contributed by atoms with Gasteiger partial charge in [0.15, 0.2) is 0 Å². The molecule has 0 atom stereocenters. The number of aliphatic hydroxyl groups is 1.